The molecule has 0 saturated carbocycles. The third-order valence-corrected chi connectivity index (χ3v) is 7.16. The van der Waals surface area contributed by atoms with Crippen LogP contribution in [-0.4, -0.2) is 59.0 Å². The van der Waals surface area contributed by atoms with Crippen molar-refractivity contribution in [3.8, 4) is 17.3 Å². The molecule has 1 aliphatic heterocycles. The van der Waals surface area contributed by atoms with Crippen molar-refractivity contribution in [1.29, 1.82) is 5.26 Å². The van der Waals surface area contributed by atoms with Gasteiger partial charge < -0.3 is 18.8 Å². The molecule has 4 rings (SSSR count). The van der Waals surface area contributed by atoms with Crippen molar-refractivity contribution < 1.29 is 23.0 Å². The van der Waals surface area contributed by atoms with E-state index < -0.39 is 23.8 Å². The molecule has 2 unspecified atom stereocenters. The molecule has 3 heterocycles. The Morgan fingerprint density at radius 3 is 2.70 bits per heavy atom. The SMILES string of the molecule is C/C=C(/C#N)N=C(c1cc(F)c(-c2nc3cc(C)ccn3c2CC2CN(C(=O)OC)CCO2)c(F)c1)C(C)CC. The predicted octanol–water partition coefficient (Wildman–Crippen LogP) is 5.86. The molecule has 3 aromatic rings. The number of fused-ring (bicyclic) bond motifs is 1. The number of carbonyl (C=O) groups is 1. The predicted molar refractivity (Wildman–Crippen MR) is 148 cm³/mol. The molecule has 210 valence electrons. The third-order valence-electron chi connectivity index (χ3n) is 7.16. The van der Waals surface area contributed by atoms with Crippen LogP contribution in [0.25, 0.3) is 16.9 Å². The molecule has 40 heavy (non-hydrogen) atoms. The normalized spacial score (nSPS) is 17.1. The highest BCUT2D eigenvalue weighted by Gasteiger charge is 2.29. The Balaban J connectivity index is 1.82. The number of methoxy groups -OCH3 is 1. The van der Waals surface area contributed by atoms with Crippen LogP contribution in [0.3, 0.4) is 0 Å². The summed E-state index contributed by atoms with van der Waals surface area (Å²) in [5.41, 5.74) is 2.85. The van der Waals surface area contributed by atoms with Crippen LogP contribution < -0.4 is 0 Å². The highest BCUT2D eigenvalue weighted by molar-refractivity contribution is 6.03. The van der Waals surface area contributed by atoms with Gasteiger partial charge in [-0.2, -0.15) is 5.26 Å². The number of amides is 1. The molecule has 1 amide bonds. The van der Waals surface area contributed by atoms with Crippen LogP contribution in [0.15, 0.2) is 47.2 Å². The fourth-order valence-electron chi connectivity index (χ4n) is 4.83. The summed E-state index contributed by atoms with van der Waals surface area (Å²) in [6.07, 6.45) is 3.43. The first-order valence-corrected chi connectivity index (χ1v) is 13.3. The minimum atomic E-state index is -0.785. The number of nitrogens with zero attached hydrogens (tertiary/aromatic N) is 5. The van der Waals surface area contributed by atoms with Crippen LogP contribution in [-0.2, 0) is 15.9 Å². The lowest BCUT2D eigenvalue weighted by atomic mass is 9.93. The Morgan fingerprint density at radius 2 is 2.08 bits per heavy atom. The summed E-state index contributed by atoms with van der Waals surface area (Å²) in [6.45, 7) is 8.44. The van der Waals surface area contributed by atoms with Crippen molar-refractivity contribution in [1.82, 2.24) is 14.3 Å². The smallest absolute Gasteiger partial charge is 0.409 e. The zero-order chi connectivity index (χ0) is 29.0. The van der Waals surface area contributed by atoms with Gasteiger partial charge in [-0.3, -0.25) is 0 Å². The molecule has 0 bridgehead atoms. The molecular formula is C30H33F2N5O3. The molecular weight excluding hydrogens is 516 g/mol. The van der Waals surface area contributed by atoms with E-state index >= 15 is 8.78 Å². The van der Waals surface area contributed by atoms with E-state index in [9.17, 15) is 10.1 Å². The molecule has 0 aliphatic carbocycles. The number of halogens is 2. The third kappa shape index (κ3) is 5.89. The standard InChI is InChI=1S/C30H33F2N5O3/c1-6-19(4)28(34-21(7-2)16-33)20-13-23(31)27(24(32)14-20)29-25(37-9-8-18(3)12-26(37)35-29)15-22-17-36(10-11-40-22)30(38)39-5/h7-9,12-14,19,22H,6,10-11,15,17H2,1-5H3/b21-7-,34-28?. The summed E-state index contributed by atoms with van der Waals surface area (Å²) in [7, 11) is 1.32. The van der Waals surface area contributed by atoms with Crippen molar-refractivity contribution in [2.24, 2.45) is 10.9 Å². The van der Waals surface area contributed by atoms with Gasteiger partial charge in [0.2, 0.25) is 0 Å². The van der Waals surface area contributed by atoms with Crippen LogP contribution in [0.4, 0.5) is 13.6 Å². The number of benzene rings is 1. The minimum absolute atomic E-state index is 0.136. The zero-order valence-corrected chi connectivity index (χ0v) is 23.4. The zero-order valence-electron chi connectivity index (χ0n) is 23.4. The van der Waals surface area contributed by atoms with Gasteiger partial charge in [0.1, 0.15) is 29.0 Å². The van der Waals surface area contributed by atoms with Crippen LogP contribution in [0.5, 0.6) is 0 Å². The second-order valence-corrected chi connectivity index (χ2v) is 9.86. The van der Waals surface area contributed by atoms with Crippen LogP contribution in [0, 0.1) is 35.8 Å². The molecule has 0 spiro atoms. The summed E-state index contributed by atoms with van der Waals surface area (Å²) in [5, 5.41) is 9.37. The Kier molecular flexibility index (Phi) is 8.95. The van der Waals surface area contributed by atoms with Crippen molar-refractivity contribution in [3.63, 3.8) is 0 Å². The topological polar surface area (TPSA) is 92.2 Å². The van der Waals surface area contributed by atoms with Gasteiger partial charge in [0, 0.05) is 24.7 Å². The number of pyridine rings is 1. The maximum Gasteiger partial charge on any atom is 0.409 e. The minimum Gasteiger partial charge on any atom is -0.453 e. The summed E-state index contributed by atoms with van der Waals surface area (Å²) < 4.78 is 44.3. The molecule has 2 aromatic heterocycles. The Labute approximate surface area is 232 Å². The van der Waals surface area contributed by atoms with Gasteiger partial charge in [-0.15, -0.1) is 0 Å². The number of allylic oxidation sites excluding steroid dienone is 2. The highest BCUT2D eigenvalue weighted by atomic mass is 19.1. The largest absolute Gasteiger partial charge is 0.453 e. The number of rotatable bonds is 7. The summed E-state index contributed by atoms with van der Waals surface area (Å²) in [6, 6.07) is 8.25. The van der Waals surface area contributed by atoms with E-state index in [-0.39, 0.29) is 41.4 Å². The average Bonchev–Trinajstić information content (AvgIpc) is 3.28. The van der Waals surface area contributed by atoms with Gasteiger partial charge in [0.15, 0.2) is 0 Å². The molecule has 10 heteroatoms. The van der Waals surface area contributed by atoms with Gasteiger partial charge in [-0.1, -0.05) is 19.9 Å². The molecule has 8 nitrogen and oxygen atoms in total. The number of imidazole rings is 1. The number of morpholine rings is 1. The first-order chi connectivity index (χ1) is 19.2. The van der Waals surface area contributed by atoms with E-state index in [1.165, 1.54) is 19.2 Å². The summed E-state index contributed by atoms with van der Waals surface area (Å²) in [5.74, 6) is -1.71. The maximum absolute atomic E-state index is 15.9. The molecule has 0 N–H and O–H groups in total. The molecule has 2 atom stereocenters. The first kappa shape index (κ1) is 28.9. The van der Waals surface area contributed by atoms with Crippen molar-refractivity contribution in [2.75, 3.05) is 26.8 Å². The van der Waals surface area contributed by atoms with Crippen molar-refractivity contribution in [3.05, 3.63) is 70.7 Å². The summed E-state index contributed by atoms with van der Waals surface area (Å²) in [4.78, 5) is 22.7. The molecule has 1 fully saturated rings. The van der Waals surface area contributed by atoms with E-state index in [0.717, 1.165) is 5.56 Å². The highest BCUT2D eigenvalue weighted by Crippen LogP contribution is 2.33. The van der Waals surface area contributed by atoms with Gasteiger partial charge in [-0.25, -0.2) is 23.6 Å². The number of nitriles is 1. The van der Waals surface area contributed by atoms with Crippen molar-refractivity contribution in [2.45, 2.75) is 46.6 Å². The van der Waals surface area contributed by atoms with Gasteiger partial charge in [0.05, 0.1) is 49.0 Å². The van der Waals surface area contributed by atoms with Crippen LogP contribution in [0.1, 0.15) is 44.0 Å². The van der Waals surface area contributed by atoms with E-state index in [2.05, 4.69) is 9.98 Å². The van der Waals surface area contributed by atoms with Crippen LogP contribution >= 0.6 is 0 Å². The second-order valence-electron chi connectivity index (χ2n) is 9.86. The van der Waals surface area contributed by atoms with Gasteiger partial charge in [-0.05, 0) is 56.0 Å². The number of hydrogen-bond acceptors (Lipinski definition) is 6. The number of hydrogen-bond donors (Lipinski definition) is 0. The van der Waals surface area contributed by atoms with Gasteiger partial charge in [0.25, 0.3) is 0 Å². The Bertz CT molecular complexity index is 1500. The number of aromatic nitrogens is 2. The van der Waals surface area contributed by atoms with E-state index in [1.54, 1.807) is 22.3 Å². The van der Waals surface area contributed by atoms with E-state index in [1.807, 2.05) is 45.2 Å². The maximum atomic E-state index is 15.9. The molecule has 1 aromatic carbocycles. The lowest BCUT2D eigenvalue weighted by Crippen LogP contribution is -2.46. The quantitative estimate of drug-likeness (QED) is 0.272. The molecule has 1 saturated heterocycles. The van der Waals surface area contributed by atoms with Crippen LogP contribution in [0.2, 0.25) is 0 Å². The van der Waals surface area contributed by atoms with E-state index in [0.29, 0.717) is 36.6 Å². The van der Waals surface area contributed by atoms with E-state index in [4.69, 9.17) is 9.47 Å². The van der Waals surface area contributed by atoms with Gasteiger partial charge >= 0.3 is 6.09 Å². The number of carbonyl (C=O) groups excluding carboxylic acids is 1. The van der Waals surface area contributed by atoms with Crippen molar-refractivity contribution >= 4 is 17.5 Å². The molecule has 0 radical (unpaired) electrons. The Hall–Kier alpha value is -4.10. The monoisotopic (exact) mass is 549 g/mol. The lowest BCUT2D eigenvalue weighted by Gasteiger charge is -2.32. The lowest BCUT2D eigenvalue weighted by molar-refractivity contribution is -0.0241. The first-order valence-electron chi connectivity index (χ1n) is 13.3. The second kappa shape index (κ2) is 12.4. The number of aryl methyl sites for hydroxylation is 1. The molecule has 1 aliphatic rings. The fourth-order valence-corrected chi connectivity index (χ4v) is 4.83. The Morgan fingerprint density at radius 1 is 1.35 bits per heavy atom. The number of ether oxygens (including phenoxy) is 2. The number of aliphatic imine (C=N–C) groups is 1. The summed E-state index contributed by atoms with van der Waals surface area (Å²) >= 11 is 0. The average molecular weight is 550 g/mol. The fraction of sp³-hybridized carbons (Fsp3) is 0.400.